The topological polar surface area (TPSA) is 120 Å². The van der Waals surface area contributed by atoms with Gasteiger partial charge in [0.2, 0.25) is 0 Å². The summed E-state index contributed by atoms with van der Waals surface area (Å²) >= 11 is 0. The number of Topliss-reactive ketones (excluding diaryl/α,β-unsaturated/α-hetero) is 1. The van der Waals surface area contributed by atoms with Crippen LogP contribution in [0.2, 0.25) is 0 Å². The van der Waals surface area contributed by atoms with Crippen LogP contribution in [-0.2, 0) is 49.4 Å². The van der Waals surface area contributed by atoms with Crippen LogP contribution in [0.5, 0.6) is 0 Å². The largest absolute Gasteiger partial charge is 0.392 e. The second kappa shape index (κ2) is 12.5. The Morgan fingerprint density at radius 2 is 1.35 bits per heavy atom. The molecular formula is C54H74N2O7. The second-order valence-electron chi connectivity index (χ2n) is 26.0. The lowest BCUT2D eigenvalue weighted by atomic mass is 9.44. The van der Waals surface area contributed by atoms with Crippen LogP contribution in [0.1, 0.15) is 149 Å². The summed E-state index contributed by atoms with van der Waals surface area (Å²) in [4.78, 5) is 26.2. The fraction of sp³-hybridized carbons (Fsp3) is 0.833. The van der Waals surface area contributed by atoms with Crippen molar-refractivity contribution < 1.29 is 34.0 Å². The molecule has 0 amide bonds. The van der Waals surface area contributed by atoms with Gasteiger partial charge in [0.25, 0.3) is 0 Å². The molecule has 3 spiro atoms. The fourth-order valence-electron chi connectivity index (χ4n) is 19.2. The molecule has 13 rings (SSSR count). The number of ether oxygens (including phenoxy) is 4. The lowest BCUT2D eigenvalue weighted by Crippen LogP contribution is -2.65. The van der Waals surface area contributed by atoms with Crippen LogP contribution in [0.4, 0.5) is 0 Å². The van der Waals surface area contributed by atoms with Crippen molar-refractivity contribution in [3.63, 3.8) is 0 Å². The van der Waals surface area contributed by atoms with Crippen LogP contribution >= 0.6 is 0 Å². The maximum Gasteiger partial charge on any atom is 0.198 e. The van der Waals surface area contributed by atoms with Gasteiger partial charge in [0.15, 0.2) is 11.6 Å². The molecule has 5 heterocycles. The van der Waals surface area contributed by atoms with Crippen LogP contribution in [-0.4, -0.2) is 73.7 Å². The highest BCUT2D eigenvalue weighted by Gasteiger charge is 2.72. The zero-order valence-corrected chi connectivity index (χ0v) is 39.6. The van der Waals surface area contributed by atoms with Crippen LogP contribution in [0, 0.1) is 80.8 Å². The Hall–Kier alpha value is -2.01. The number of carbonyl (C=O) groups excluding carboxylic acids is 1. The average Bonchev–Trinajstić information content (AvgIpc) is 3.97. The summed E-state index contributed by atoms with van der Waals surface area (Å²) in [5, 5.41) is 23.8. The quantitative estimate of drug-likeness (QED) is 0.248. The summed E-state index contributed by atoms with van der Waals surface area (Å²) in [7, 11) is 0. The molecule has 4 saturated carbocycles. The molecule has 342 valence electrons. The predicted octanol–water partition coefficient (Wildman–Crippen LogP) is 8.45. The van der Waals surface area contributed by atoms with E-state index in [1.54, 1.807) is 0 Å². The highest BCUT2D eigenvalue weighted by atomic mass is 16.7. The molecule has 63 heavy (non-hydrogen) atoms. The van der Waals surface area contributed by atoms with E-state index in [0.717, 1.165) is 64.2 Å². The van der Waals surface area contributed by atoms with E-state index in [1.807, 2.05) is 13.8 Å². The van der Waals surface area contributed by atoms with Crippen LogP contribution in [0.15, 0.2) is 23.3 Å². The molecule has 1 aromatic rings. The van der Waals surface area contributed by atoms with Gasteiger partial charge in [-0.25, -0.2) is 0 Å². The summed E-state index contributed by atoms with van der Waals surface area (Å²) in [6.45, 7) is 20.7. The molecule has 0 radical (unpaired) electrons. The fourth-order valence-corrected chi connectivity index (χ4v) is 19.2. The average molecular weight is 863 g/mol. The first-order valence-electron chi connectivity index (χ1n) is 25.6. The van der Waals surface area contributed by atoms with Crippen molar-refractivity contribution in [2.75, 3.05) is 6.61 Å². The van der Waals surface area contributed by atoms with Crippen molar-refractivity contribution in [1.82, 2.24) is 9.97 Å². The molecule has 4 saturated heterocycles. The first-order chi connectivity index (χ1) is 29.7. The lowest BCUT2D eigenvalue weighted by Gasteiger charge is -2.61. The minimum atomic E-state index is -1.04. The summed E-state index contributed by atoms with van der Waals surface area (Å²) in [6, 6.07) is 0. The molecule has 2 N–H and O–H groups in total. The molecule has 0 bridgehead atoms. The molecule has 0 unspecified atom stereocenters. The van der Waals surface area contributed by atoms with Gasteiger partial charge in [-0.1, -0.05) is 57.9 Å². The number of rotatable bonds is 0. The van der Waals surface area contributed by atoms with Crippen molar-refractivity contribution in [3.8, 4) is 0 Å². The van der Waals surface area contributed by atoms with Crippen molar-refractivity contribution in [1.29, 1.82) is 0 Å². The highest BCUT2D eigenvalue weighted by Crippen LogP contribution is 2.71. The van der Waals surface area contributed by atoms with Gasteiger partial charge in [-0.15, -0.1) is 0 Å². The van der Waals surface area contributed by atoms with Crippen molar-refractivity contribution >= 4 is 5.78 Å². The van der Waals surface area contributed by atoms with Crippen LogP contribution in [0.3, 0.4) is 0 Å². The van der Waals surface area contributed by atoms with Crippen molar-refractivity contribution in [2.24, 2.45) is 80.8 Å². The van der Waals surface area contributed by atoms with Gasteiger partial charge < -0.3 is 29.2 Å². The van der Waals surface area contributed by atoms with E-state index in [4.69, 9.17) is 28.9 Å². The minimum Gasteiger partial charge on any atom is -0.392 e. The van der Waals surface area contributed by atoms with Gasteiger partial charge in [0, 0.05) is 42.4 Å². The monoisotopic (exact) mass is 863 g/mol. The Labute approximate surface area is 375 Å². The number of hydrogen-bond donors (Lipinski definition) is 2. The third-order valence-electron chi connectivity index (χ3n) is 22.4. The lowest BCUT2D eigenvalue weighted by molar-refractivity contribution is -0.336. The molecule has 9 nitrogen and oxygen atoms in total. The molecule has 19 atom stereocenters. The molecule has 8 fully saturated rings. The van der Waals surface area contributed by atoms with E-state index in [1.165, 1.54) is 46.8 Å². The molecule has 12 aliphatic rings. The highest BCUT2D eigenvalue weighted by molar-refractivity contribution is 5.91. The maximum atomic E-state index is 14.9. The number of hydrogen-bond acceptors (Lipinski definition) is 9. The Morgan fingerprint density at radius 1 is 0.698 bits per heavy atom. The zero-order valence-electron chi connectivity index (χ0n) is 39.6. The number of nitrogens with zero attached hydrogens (tertiary/aromatic N) is 2. The number of carbonyl (C=O) groups is 1. The van der Waals surface area contributed by atoms with Crippen molar-refractivity contribution in [3.05, 3.63) is 46.1 Å². The van der Waals surface area contributed by atoms with Gasteiger partial charge in [-0.3, -0.25) is 14.8 Å². The standard InChI is InChI=1S/C54H74N2O7/c1-27-33-14-15-34-31-12-10-29-18-38-41(24-50(29,8)36(31)22-44(58)52(33,34)26-60-54(27)45(59)25-48(5,6)63-54)56-39-19-30-11-13-32-35(49(30,7)23-40(39)55-38)21-43(57)51(9)37(32)20-42-46(51)28(2)53(61-42)17-16-47(3,4)62-53/h15,20,27-33,35-36,42-43,45-46,57,59H,10-14,16-19,21-26H2,1-9H3/t27-,28-,29-,30-,31-,32+,33+,35-,36-,42-,43+,45+,46-,49-,50-,51+,52+,53-,54-/m0/s1. The van der Waals surface area contributed by atoms with Gasteiger partial charge in [0.1, 0.15) is 11.9 Å². The number of aromatic nitrogens is 2. The zero-order chi connectivity index (χ0) is 43.8. The van der Waals surface area contributed by atoms with Crippen LogP contribution in [0.25, 0.3) is 0 Å². The second-order valence-corrected chi connectivity index (χ2v) is 26.0. The predicted molar refractivity (Wildman–Crippen MR) is 236 cm³/mol. The van der Waals surface area contributed by atoms with E-state index < -0.39 is 34.8 Å². The SMILES string of the molecule is C[C@H]1[C@H]2[C@H](C=C3[C@@H]4CC[C@H]5Cc6nc7c(nc6C[C@]5(C)[C@H]4C[C@@H](O)[C@@]32C)C[C@@H]2CC[C@H]3C4=CC[C@@H]5[C@H](C)[C@]6(OC[C@]45C(=O)C[C@@H]3[C@@]2(C)C7)OC(C)(C)C[C@H]6O)O[C@]12CCC(C)(C)O2. The molecule has 4 aliphatic heterocycles. The minimum absolute atomic E-state index is 0.00438. The van der Waals surface area contributed by atoms with Gasteiger partial charge in [-0.2, -0.15) is 0 Å². The Bertz CT molecular complexity index is 2270. The van der Waals surface area contributed by atoms with E-state index in [-0.39, 0.29) is 57.5 Å². The maximum absolute atomic E-state index is 14.9. The summed E-state index contributed by atoms with van der Waals surface area (Å²) in [6.07, 6.45) is 16.9. The molecule has 8 aliphatic carbocycles. The van der Waals surface area contributed by atoms with Gasteiger partial charge >= 0.3 is 0 Å². The first-order valence-corrected chi connectivity index (χ1v) is 25.6. The molecular weight excluding hydrogens is 789 g/mol. The van der Waals surface area contributed by atoms with E-state index >= 15 is 0 Å². The van der Waals surface area contributed by atoms with Crippen LogP contribution < -0.4 is 0 Å². The number of allylic oxidation sites excluding steroid dienone is 1. The molecule has 0 aromatic carbocycles. The number of ketones is 1. The van der Waals surface area contributed by atoms with E-state index in [9.17, 15) is 15.0 Å². The number of aliphatic hydroxyl groups excluding tert-OH is 2. The normalized spacial score (nSPS) is 55.0. The third-order valence-corrected chi connectivity index (χ3v) is 22.4. The summed E-state index contributed by atoms with van der Waals surface area (Å²) in [5.41, 5.74) is 6.16. The van der Waals surface area contributed by atoms with Gasteiger partial charge in [-0.05, 0) is 151 Å². The summed E-state index contributed by atoms with van der Waals surface area (Å²) in [5.74, 6) is 1.75. The number of aliphatic hydroxyl groups is 2. The first kappa shape index (κ1) is 41.2. The number of fused-ring (bicyclic) bond motifs is 13. The summed E-state index contributed by atoms with van der Waals surface area (Å²) < 4.78 is 27.0. The molecule has 9 heteroatoms. The van der Waals surface area contributed by atoms with Crippen molar-refractivity contribution in [2.45, 2.75) is 193 Å². The van der Waals surface area contributed by atoms with Gasteiger partial charge in [0.05, 0.1) is 58.2 Å². The Morgan fingerprint density at radius 3 is 1.97 bits per heavy atom. The van der Waals surface area contributed by atoms with E-state index in [2.05, 4.69) is 60.6 Å². The smallest absolute Gasteiger partial charge is 0.198 e. The van der Waals surface area contributed by atoms with E-state index in [0.29, 0.717) is 54.8 Å². The third kappa shape index (κ3) is 4.99. The Kier molecular flexibility index (Phi) is 8.20. The molecule has 1 aromatic heterocycles. The Balaban J connectivity index is 0.759.